The molecule has 2 aromatic rings. The largest absolute Gasteiger partial charge is 0.476 e. The summed E-state index contributed by atoms with van der Waals surface area (Å²) in [4.78, 5) is 13.6. The number of benzene rings is 1. The fourth-order valence-corrected chi connectivity index (χ4v) is 4.95. The molecule has 0 N–H and O–H groups in total. The van der Waals surface area contributed by atoms with Crippen LogP contribution in [0.2, 0.25) is 0 Å². The van der Waals surface area contributed by atoms with Gasteiger partial charge < -0.3 is 14.2 Å². The fourth-order valence-electron chi connectivity index (χ4n) is 3.55. The number of carbonyl (C=O) groups is 1. The Morgan fingerprint density at radius 3 is 2.53 bits per heavy atom. The molecule has 0 spiro atoms. The van der Waals surface area contributed by atoms with Gasteiger partial charge in [-0.3, -0.25) is 4.79 Å². The molecule has 13 heteroatoms. The number of hydrogen-bond donors (Lipinski definition) is 0. The van der Waals surface area contributed by atoms with E-state index in [1.165, 1.54) is 23.1 Å². The van der Waals surface area contributed by atoms with Crippen molar-refractivity contribution < 1.29 is 31.1 Å². The van der Waals surface area contributed by atoms with Crippen LogP contribution < -0.4 is 9.64 Å². The van der Waals surface area contributed by atoms with Crippen molar-refractivity contribution in [1.29, 1.82) is 0 Å². The van der Waals surface area contributed by atoms with Gasteiger partial charge in [0.2, 0.25) is 15.8 Å². The fraction of sp³-hybridized carbons (Fsp3) is 0.471. The van der Waals surface area contributed by atoms with E-state index in [2.05, 4.69) is 10.2 Å². The van der Waals surface area contributed by atoms with E-state index in [1.54, 1.807) is 20.9 Å². The van der Waals surface area contributed by atoms with Crippen LogP contribution in [-0.4, -0.2) is 52.6 Å². The number of fused-ring (bicyclic) bond motifs is 2. The predicted molar refractivity (Wildman–Crippen MR) is 97.2 cm³/mol. The van der Waals surface area contributed by atoms with Gasteiger partial charge in [0.05, 0.1) is 17.1 Å². The van der Waals surface area contributed by atoms with Gasteiger partial charge in [-0.25, -0.2) is 8.42 Å². The number of carbonyl (C=O) groups excluding carboxylic acids is 1. The second-order valence-electron chi connectivity index (χ2n) is 7.53. The molecule has 0 fully saturated rings. The number of ether oxygens (including phenoxy) is 1. The average Bonchev–Trinajstić information content (AvgIpc) is 3.09. The van der Waals surface area contributed by atoms with Gasteiger partial charge in [0.1, 0.15) is 11.6 Å². The third-order valence-corrected chi connectivity index (χ3v) is 6.93. The van der Waals surface area contributed by atoms with Gasteiger partial charge >= 0.3 is 6.18 Å². The van der Waals surface area contributed by atoms with E-state index in [9.17, 15) is 26.4 Å². The molecule has 0 saturated heterocycles. The number of anilines is 1. The number of amides is 1. The molecule has 0 atom stereocenters. The first-order valence-corrected chi connectivity index (χ1v) is 10.4. The van der Waals surface area contributed by atoms with Crippen molar-refractivity contribution in [2.24, 2.45) is 0 Å². The maximum atomic E-state index is 13.1. The van der Waals surface area contributed by atoms with Gasteiger partial charge in [-0.1, -0.05) is 0 Å². The topological polar surface area (TPSA) is 97.6 Å². The summed E-state index contributed by atoms with van der Waals surface area (Å²) >= 11 is 0. The zero-order valence-electron chi connectivity index (χ0n) is 16.3. The van der Waals surface area contributed by atoms with Crippen molar-refractivity contribution in [2.75, 3.05) is 18.5 Å². The van der Waals surface area contributed by atoms with Crippen LogP contribution >= 0.6 is 0 Å². The van der Waals surface area contributed by atoms with E-state index < -0.39 is 27.6 Å². The Labute approximate surface area is 170 Å². The Balaban J connectivity index is 1.66. The lowest BCUT2D eigenvalue weighted by Gasteiger charge is -2.37. The first-order chi connectivity index (χ1) is 13.8. The first kappa shape index (κ1) is 20.6. The molecule has 0 radical (unpaired) electrons. The molecule has 0 bridgehead atoms. The van der Waals surface area contributed by atoms with Crippen LogP contribution in [0.3, 0.4) is 0 Å². The minimum atomic E-state index is -4.67. The van der Waals surface area contributed by atoms with Gasteiger partial charge in [0.25, 0.3) is 5.91 Å². The molecule has 1 aromatic heterocycles. The molecule has 4 rings (SSSR count). The molecule has 1 aromatic carbocycles. The number of hydrogen-bond acceptors (Lipinski definition) is 6. The zero-order chi connectivity index (χ0) is 22.1. The van der Waals surface area contributed by atoms with Crippen molar-refractivity contribution in [3.63, 3.8) is 0 Å². The van der Waals surface area contributed by atoms with Gasteiger partial charge in [0, 0.05) is 26.2 Å². The molecule has 9 nitrogen and oxygen atoms in total. The number of sulfonamides is 1. The van der Waals surface area contributed by atoms with E-state index in [0.717, 1.165) is 8.87 Å². The number of halogens is 3. The van der Waals surface area contributed by atoms with Crippen molar-refractivity contribution in [1.82, 2.24) is 19.1 Å². The highest BCUT2D eigenvalue weighted by Crippen LogP contribution is 2.39. The van der Waals surface area contributed by atoms with Crippen LogP contribution in [0.5, 0.6) is 5.75 Å². The van der Waals surface area contributed by atoms with E-state index in [1.807, 2.05) is 0 Å². The molecule has 162 valence electrons. The molecule has 30 heavy (non-hydrogen) atoms. The van der Waals surface area contributed by atoms with Gasteiger partial charge in [-0.2, -0.15) is 17.5 Å². The first-order valence-electron chi connectivity index (χ1n) is 8.93. The van der Waals surface area contributed by atoms with Crippen molar-refractivity contribution >= 4 is 21.6 Å². The van der Waals surface area contributed by atoms with E-state index in [4.69, 9.17) is 4.74 Å². The van der Waals surface area contributed by atoms with Crippen LogP contribution in [0.25, 0.3) is 0 Å². The molecule has 3 heterocycles. The Morgan fingerprint density at radius 1 is 1.17 bits per heavy atom. The minimum Gasteiger partial charge on any atom is -0.476 e. The van der Waals surface area contributed by atoms with E-state index in [0.29, 0.717) is 5.69 Å². The Kier molecular flexibility index (Phi) is 4.40. The Hall–Kier alpha value is -2.67. The summed E-state index contributed by atoms with van der Waals surface area (Å²) in [7, 11) is -2.48. The lowest BCUT2D eigenvalue weighted by molar-refractivity contribution is -0.147. The maximum Gasteiger partial charge on any atom is 0.451 e. The van der Waals surface area contributed by atoms with Crippen LogP contribution in [0, 0.1) is 0 Å². The zero-order valence-corrected chi connectivity index (χ0v) is 17.1. The minimum absolute atomic E-state index is 0.0853. The third-order valence-electron chi connectivity index (χ3n) is 5.09. The number of nitrogens with zero attached hydrogens (tertiary/aromatic N) is 5. The standard InChI is InChI=1S/C17H18F3N5O4S/c1-16(2)15(26)23(3)11-5-4-10(8-12(11)29-16)30(27,28)24-6-7-25-13(9-24)21-22-14(25)17(18,19)20/h4-5,8H,6-7,9H2,1-3H3. The van der Waals surface area contributed by atoms with Gasteiger partial charge in [-0.15, -0.1) is 10.2 Å². The molecule has 2 aliphatic heterocycles. The lowest BCUT2D eigenvalue weighted by Crippen LogP contribution is -2.51. The van der Waals surface area contributed by atoms with E-state index in [-0.39, 0.29) is 42.0 Å². The van der Waals surface area contributed by atoms with Crippen molar-refractivity contribution in [2.45, 2.75) is 43.6 Å². The Bertz CT molecular complexity index is 1140. The summed E-state index contributed by atoms with van der Waals surface area (Å²) in [5, 5.41) is 6.66. The molecule has 1 amide bonds. The number of alkyl halides is 3. The second kappa shape index (κ2) is 6.41. The third kappa shape index (κ3) is 3.12. The number of rotatable bonds is 2. The van der Waals surface area contributed by atoms with Gasteiger partial charge in [-0.05, 0) is 26.0 Å². The lowest BCUT2D eigenvalue weighted by atomic mass is 10.0. The van der Waals surface area contributed by atoms with Crippen LogP contribution in [-0.2, 0) is 34.1 Å². The summed E-state index contributed by atoms with van der Waals surface area (Å²) in [5.74, 6) is -1.28. The monoisotopic (exact) mass is 445 g/mol. The average molecular weight is 445 g/mol. The summed E-state index contributed by atoms with van der Waals surface area (Å²) in [5.41, 5.74) is -0.744. The maximum absolute atomic E-state index is 13.1. The molecule has 2 aliphatic rings. The molecule has 0 aliphatic carbocycles. The van der Waals surface area contributed by atoms with Crippen LogP contribution in [0.4, 0.5) is 18.9 Å². The summed E-state index contributed by atoms with van der Waals surface area (Å²) < 4.78 is 72.8. The normalized spacial score (nSPS) is 19.3. The van der Waals surface area contributed by atoms with Crippen molar-refractivity contribution in [3.8, 4) is 5.75 Å². The SMILES string of the molecule is CN1C(=O)C(C)(C)Oc2cc(S(=O)(=O)N3CCn4c(nnc4C(F)(F)F)C3)ccc21. The number of aromatic nitrogens is 3. The number of likely N-dealkylation sites (N-methyl/N-ethyl adjacent to an activating group) is 1. The predicted octanol–water partition coefficient (Wildman–Crippen LogP) is 1.64. The molecular weight excluding hydrogens is 427 g/mol. The van der Waals surface area contributed by atoms with E-state index >= 15 is 0 Å². The quantitative estimate of drug-likeness (QED) is 0.697. The van der Waals surface area contributed by atoms with Crippen LogP contribution in [0.1, 0.15) is 25.5 Å². The summed E-state index contributed by atoms with van der Waals surface area (Å²) in [6, 6.07) is 4.11. The van der Waals surface area contributed by atoms with Crippen LogP contribution in [0.15, 0.2) is 23.1 Å². The summed E-state index contributed by atoms with van der Waals surface area (Å²) in [6.07, 6.45) is -4.67. The molecule has 0 unspecified atom stereocenters. The Morgan fingerprint density at radius 2 is 1.87 bits per heavy atom. The van der Waals surface area contributed by atoms with Crippen molar-refractivity contribution in [3.05, 3.63) is 29.8 Å². The molecule has 0 saturated carbocycles. The highest BCUT2D eigenvalue weighted by Gasteiger charge is 2.42. The smallest absolute Gasteiger partial charge is 0.451 e. The molecular formula is C17H18F3N5O4S. The highest BCUT2D eigenvalue weighted by molar-refractivity contribution is 7.89. The highest BCUT2D eigenvalue weighted by atomic mass is 32.2. The second-order valence-corrected chi connectivity index (χ2v) is 9.47. The summed E-state index contributed by atoms with van der Waals surface area (Å²) in [6.45, 7) is 2.42. The van der Waals surface area contributed by atoms with Gasteiger partial charge in [0.15, 0.2) is 5.60 Å².